The van der Waals surface area contributed by atoms with E-state index in [4.69, 9.17) is 0 Å². The van der Waals surface area contributed by atoms with Crippen LogP contribution in [0.3, 0.4) is 0 Å². The Labute approximate surface area is 126 Å². The molecule has 0 fully saturated rings. The maximum atomic E-state index is 11.4. The Morgan fingerprint density at radius 1 is 1.09 bits per heavy atom. The summed E-state index contributed by atoms with van der Waals surface area (Å²) in [7, 11) is -5.45. The molecule has 4 atom stereocenters. The van der Waals surface area contributed by atoms with Crippen LogP contribution in [0, 0.1) is 0 Å². The third kappa shape index (κ3) is 5.23. The molecule has 0 bridgehead atoms. The highest BCUT2D eigenvalue weighted by atomic mass is 31.2. The summed E-state index contributed by atoms with van der Waals surface area (Å²) in [6.45, 7) is -1.23. The molecule has 0 saturated heterocycles. The number of aliphatic hydroxyl groups is 4. The minimum Gasteiger partial charge on any atom is -0.860 e. The second-order valence-corrected chi connectivity index (χ2v) is 5.54. The molecule has 0 spiro atoms. The zero-order valence-electron chi connectivity index (χ0n) is 11.1. The lowest BCUT2D eigenvalue weighted by molar-refractivity contribution is -0.343. The van der Waals surface area contributed by atoms with Gasteiger partial charge in [0, 0.05) is 0 Å². The second kappa shape index (κ2) is 7.33. The Morgan fingerprint density at radius 3 is 2.13 bits per heavy atom. The zero-order valence-corrected chi connectivity index (χ0v) is 12.0. The van der Waals surface area contributed by atoms with Crippen molar-refractivity contribution in [1.82, 2.24) is 9.97 Å². The number of nitrogens with one attached hydrogen (secondary N) is 2. The maximum absolute atomic E-state index is 11.4. The molecule has 13 nitrogen and oxygen atoms in total. The predicted octanol–water partition coefficient (Wildman–Crippen LogP) is -5.90. The van der Waals surface area contributed by atoms with Gasteiger partial charge >= 0.3 is 5.69 Å². The van der Waals surface area contributed by atoms with E-state index >= 15 is 0 Å². The molecule has 0 radical (unpaired) electrons. The largest absolute Gasteiger partial charge is 0.860 e. The number of hydrogen-bond acceptors (Lipinski definition) is 11. The van der Waals surface area contributed by atoms with E-state index in [-0.39, 0.29) is 0 Å². The van der Waals surface area contributed by atoms with Gasteiger partial charge in [0.15, 0.2) is 0 Å². The number of rotatable bonds is 7. The van der Waals surface area contributed by atoms with E-state index in [2.05, 4.69) is 4.52 Å². The van der Waals surface area contributed by atoms with Crippen LogP contribution in [-0.2, 0) is 9.09 Å². The summed E-state index contributed by atoms with van der Waals surface area (Å²) in [6, 6.07) is 0. The third-order valence-electron chi connectivity index (χ3n) is 2.71. The highest BCUT2D eigenvalue weighted by Crippen LogP contribution is 2.26. The average molecular weight is 355 g/mol. The van der Waals surface area contributed by atoms with Crippen LogP contribution in [0.5, 0.6) is 5.88 Å². The predicted molar refractivity (Wildman–Crippen MR) is 63.7 cm³/mol. The molecule has 1 unspecified atom stereocenters. The lowest BCUT2D eigenvalue weighted by Crippen LogP contribution is -2.45. The van der Waals surface area contributed by atoms with Crippen LogP contribution in [0.15, 0.2) is 9.59 Å². The van der Waals surface area contributed by atoms with Gasteiger partial charge in [0.25, 0.3) is 5.56 Å². The number of aromatic nitrogens is 2. The van der Waals surface area contributed by atoms with Crippen molar-refractivity contribution in [2.45, 2.75) is 24.4 Å². The molecule has 14 heteroatoms. The van der Waals surface area contributed by atoms with Gasteiger partial charge < -0.3 is 49.4 Å². The SMILES string of the molecule is O=c1[nH]c([O-])c(C(O)[C@H](O)[C@H](O)[C@H](O)COP(=O)([O-])[O-])c(=O)[nH]1. The normalized spacial score (nSPS) is 17.5. The Kier molecular flexibility index (Phi) is 6.21. The van der Waals surface area contributed by atoms with Gasteiger partial charge in [-0.15, -0.1) is 0 Å². The van der Waals surface area contributed by atoms with E-state index in [9.17, 15) is 49.5 Å². The van der Waals surface area contributed by atoms with Crippen molar-refractivity contribution in [2.75, 3.05) is 6.61 Å². The van der Waals surface area contributed by atoms with Gasteiger partial charge in [0.2, 0.25) is 0 Å². The van der Waals surface area contributed by atoms with Gasteiger partial charge in [0.1, 0.15) is 24.4 Å². The van der Waals surface area contributed by atoms with E-state index in [1.165, 1.54) is 0 Å². The van der Waals surface area contributed by atoms with Crippen molar-refractivity contribution in [3.05, 3.63) is 26.4 Å². The Hall–Kier alpha value is -1.57. The molecule has 1 rings (SSSR count). The van der Waals surface area contributed by atoms with Crippen molar-refractivity contribution in [3.8, 4) is 5.88 Å². The molecule has 1 aromatic rings. The lowest BCUT2D eigenvalue weighted by atomic mass is 9.99. The number of aliphatic hydroxyl groups excluding tert-OH is 4. The van der Waals surface area contributed by atoms with Gasteiger partial charge in [-0.1, -0.05) is 0 Å². The molecular formula is C9H12N2O11P-3. The van der Waals surface area contributed by atoms with Gasteiger partial charge in [-0.05, 0) is 5.88 Å². The monoisotopic (exact) mass is 355 g/mol. The molecule has 132 valence electrons. The summed E-state index contributed by atoms with van der Waals surface area (Å²) in [5.41, 5.74) is -3.53. The number of aromatic amines is 2. The van der Waals surface area contributed by atoms with Gasteiger partial charge in [0.05, 0.1) is 20.0 Å². The van der Waals surface area contributed by atoms with Crippen LogP contribution in [0.1, 0.15) is 11.7 Å². The van der Waals surface area contributed by atoms with Crippen LogP contribution in [0.4, 0.5) is 0 Å². The topological polar surface area (TPSA) is 242 Å². The molecule has 0 aliphatic carbocycles. The summed E-state index contributed by atoms with van der Waals surface area (Å²) in [5, 5.41) is 49.7. The smallest absolute Gasteiger partial charge is 0.325 e. The number of phosphoric ester groups is 1. The van der Waals surface area contributed by atoms with Crippen LogP contribution in [0.25, 0.3) is 0 Å². The molecule has 1 heterocycles. The van der Waals surface area contributed by atoms with Crippen molar-refractivity contribution in [2.24, 2.45) is 0 Å². The van der Waals surface area contributed by atoms with Crippen LogP contribution >= 0.6 is 7.82 Å². The number of H-pyrrole nitrogens is 2. The average Bonchev–Trinajstić information content (AvgIpc) is 2.41. The molecule has 0 saturated carbocycles. The molecule has 1 aromatic heterocycles. The van der Waals surface area contributed by atoms with Crippen molar-refractivity contribution in [1.29, 1.82) is 0 Å². The Bertz CT molecular complexity index is 693. The molecule has 0 aromatic carbocycles. The minimum absolute atomic E-state index is 1.03. The maximum Gasteiger partial charge on any atom is 0.325 e. The lowest BCUT2D eigenvalue weighted by Gasteiger charge is -2.32. The summed E-state index contributed by atoms with van der Waals surface area (Å²) in [6.07, 6.45) is -9.11. The van der Waals surface area contributed by atoms with E-state index in [1.54, 1.807) is 9.97 Å². The molecule has 0 aliphatic heterocycles. The van der Waals surface area contributed by atoms with Gasteiger partial charge in [-0.3, -0.25) is 9.78 Å². The van der Waals surface area contributed by atoms with Crippen molar-refractivity contribution < 1.29 is 44.4 Å². The summed E-state index contributed by atoms with van der Waals surface area (Å²) < 4.78 is 13.9. The first kappa shape index (κ1) is 19.5. The van der Waals surface area contributed by atoms with Crippen molar-refractivity contribution in [3.63, 3.8) is 0 Å². The van der Waals surface area contributed by atoms with E-state index in [1.807, 2.05) is 0 Å². The Balaban J connectivity index is 2.92. The number of phosphoric acid groups is 1. The first-order chi connectivity index (χ1) is 10.4. The minimum atomic E-state index is -5.45. The molecule has 0 aliphatic rings. The molecular weight excluding hydrogens is 343 g/mol. The van der Waals surface area contributed by atoms with Gasteiger partial charge in [-0.25, -0.2) is 4.79 Å². The molecule has 0 amide bonds. The van der Waals surface area contributed by atoms with E-state index in [0.717, 1.165) is 0 Å². The highest BCUT2D eigenvalue weighted by molar-refractivity contribution is 7.43. The van der Waals surface area contributed by atoms with E-state index < -0.39 is 61.5 Å². The van der Waals surface area contributed by atoms with Crippen LogP contribution in [0.2, 0.25) is 0 Å². The summed E-state index contributed by atoms with van der Waals surface area (Å²) in [5.74, 6) is -1.34. The van der Waals surface area contributed by atoms with E-state index in [0.29, 0.717) is 0 Å². The zero-order chi connectivity index (χ0) is 17.9. The first-order valence-electron chi connectivity index (χ1n) is 5.86. The first-order valence-corrected chi connectivity index (χ1v) is 7.32. The molecule has 23 heavy (non-hydrogen) atoms. The standard InChI is InChI=1S/C9H15N2O11P/c12-2(1-22-23(19,20)21)4(13)6(15)5(14)3-7(16)10-9(18)11-8(3)17/h2,4-6,12-15H,1H2,(H2,19,20,21)(H3,10,11,16,17,18)/p-3/t2-,4-,5?,6-/m1/s1. The quantitative estimate of drug-likeness (QED) is 0.251. The van der Waals surface area contributed by atoms with Crippen LogP contribution in [-0.4, -0.2) is 55.3 Å². The van der Waals surface area contributed by atoms with Gasteiger partial charge in [-0.2, -0.15) is 0 Å². The van der Waals surface area contributed by atoms with Crippen molar-refractivity contribution >= 4 is 7.82 Å². The third-order valence-corrected chi connectivity index (χ3v) is 3.18. The fraction of sp³-hybridized carbons (Fsp3) is 0.556. The van der Waals surface area contributed by atoms with Crippen LogP contribution < -0.4 is 26.1 Å². The summed E-state index contributed by atoms with van der Waals surface area (Å²) in [4.78, 5) is 45.9. The highest BCUT2D eigenvalue weighted by Gasteiger charge is 2.33. The molecule has 6 N–H and O–H groups in total. The fourth-order valence-corrected chi connectivity index (χ4v) is 1.93. The number of hydrogen-bond donors (Lipinski definition) is 6. The fourth-order valence-electron chi connectivity index (χ4n) is 1.60. The summed E-state index contributed by atoms with van der Waals surface area (Å²) >= 11 is 0. The second-order valence-electron chi connectivity index (χ2n) is 4.39. The Morgan fingerprint density at radius 2 is 1.65 bits per heavy atom.